The van der Waals surface area contributed by atoms with Gasteiger partial charge in [0.05, 0.1) is 0 Å². The predicted octanol–water partition coefficient (Wildman–Crippen LogP) is 1.52. The van der Waals surface area contributed by atoms with E-state index < -0.39 is 6.10 Å². The second-order valence-corrected chi connectivity index (χ2v) is 5.37. The molecule has 0 saturated heterocycles. The number of benzene rings is 1. The average Bonchev–Trinajstić information content (AvgIpc) is 3.07. The number of amides is 2. The fraction of sp³-hybridized carbons (Fsp3) is 0.294. The zero-order valence-electron chi connectivity index (χ0n) is 14.0. The van der Waals surface area contributed by atoms with Crippen LogP contribution in [0.4, 0.5) is 5.95 Å². The molecular formula is C17H20N4O4. The summed E-state index contributed by atoms with van der Waals surface area (Å²) >= 11 is 0. The number of hydrogen-bond acceptors (Lipinski definition) is 5. The first-order valence-corrected chi connectivity index (χ1v) is 7.80. The first kappa shape index (κ1) is 18.2. The molecule has 1 unspecified atom stereocenters. The minimum atomic E-state index is -0.754. The Hall–Kier alpha value is -3.16. The number of ether oxygens (including phenoxy) is 1. The summed E-state index contributed by atoms with van der Waals surface area (Å²) in [7, 11) is 0. The van der Waals surface area contributed by atoms with Gasteiger partial charge >= 0.3 is 0 Å². The number of aromatic nitrogens is 2. The minimum absolute atomic E-state index is 0.0786. The van der Waals surface area contributed by atoms with Gasteiger partial charge in [-0.1, -0.05) is 12.1 Å². The van der Waals surface area contributed by atoms with Crippen molar-refractivity contribution in [3.8, 4) is 5.75 Å². The number of hydrogen-bond donors (Lipinski definition) is 3. The van der Waals surface area contributed by atoms with Crippen molar-refractivity contribution < 1.29 is 19.1 Å². The number of aromatic amines is 1. The van der Waals surface area contributed by atoms with Gasteiger partial charge in [0.25, 0.3) is 5.91 Å². The molecule has 132 valence electrons. The van der Waals surface area contributed by atoms with Crippen molar-refractivity contribution in [3.63, 3.8) is 0 Å². The van der Waals surface area contributed by atoms with Crippen molar-refractivity contribution in [1.82, 2.24) is 15.3 Å². The Labute approximate surface area is 145 Å². The zero-order valence-corrected chi connectivity index (χ0v) is 14.0. The van der Waals surface area contributed by atoms with Crippen LogP contribution in [0.5, 0.6) is 5.75 Å². The summed E-state index contributed by atoms with van der Waals surface area (Å²) in [5.74, 6) is 0.103. The molecule has 0 bridgehead atoms. The summed E-state index contributed by atoms with van der Waals surface area (Å²) < 4.78 is 5.53. The Balaban J connectivity index is 1.75. The van der Waals surface area contributed by atoms with Crippen LogP contribution in [-0.2, 0) is 9.59 Å². The topological polar surface area (TPSA) is 113 Å². The molecule has 0 aliphatic heterocycles. The number of carbonyl (C=O) groups is 3. The van der Waals surface area contributed by atoms with E-state index in [1.54, 1.807) is 37.4 Å². The van der Waals surface area contributed by atoms with Crippen molar-refractivity contribution >= 4 is 23.5 Å². The smallest absolute Gasteiger partial charge is 0.260 e. The van der Waals surface area contributed by atoms with Crippen LogP contribution in [0.3, 0.4) is 0 Å². The predicted molar refractivity (Wildman–Crippen MR) is 91.4 cm³/mol. The fourth-order valence-corrected chi connectivity index (χ4v) is 2.02. The van der Waals surface area contributed by atoms with Crippen LogP contribution >= 0.6 is 0 Å². The Morgan fingerprint density at radius 2 is 2.12 bits per heavy atom. The molecule has 0 radical (unpaired) electrons. The first-order valence-electron chi connectivity index (χ1n) is 7.80. The molecule has 0 aliphatic carbocycles. The molecular weight excluding hydrogens is 324 g/mol. The van der Waals surface area contributed by atoms with E-state index in [2.05, 4.69) is 20.6 Å². The molecule has 0 fully saturated rings. The van der Waals surface area contributed by atoms with Crippen LogP contribution in [0.1, 0.15) is 30.6 Å². The number of imidazole rings is 1. The van der Waals surface area contributed by atoms with E-state index in [9.17, 15) is 14.4 Å². The third-order valence-electron chi connectivity index (χ3n) is 3.33. The minimum Gasteiger partial charge on any atom is -0.481 e. The molecule has 1 aromatic carbocycles. The molecule has 1 atom stereocenters. The van der Waals surface area contributed by atoms with E-state index in [4.69, 9.17) is 4.74 Å². The summed E-state index contributed by atoms with van der Waals surface area (Å²) in [6.07, 6.45) is 2.48. The molecule has 3 N–H and O–H groups in total. The van der Waals surface area contributed by atoms with Crippen LogP contribution in [0.15, 0.2) is 36.7 Å². The van der Waals surface area contributed by atoms with Crippen molar-refractivity contribution in [1.29, 1.82) is 0 Å². The number of nitrogens with one attached hydrogen (secondary N) is 3. The van der Waals surface area contributed by atoms with Gasteiger partial charge in [0.2, 0.25) is 11.9 Å². The highest BCUT2D eigenvalue weighted by Gasteiger charge is 2.15. The molecule has 8 heteroatoms. The lowest BCUT2D eigenvalue weighted by atomic mass is 10.1. The van der Waals surface area contributed by atoms with E-state index in [1.807, 2.05) is 0 Å². The Morgan fingerprint density at radius 3 is 2.80 bits per heavy atom. The summed E-state index contributed by atoms with van der Waals surface area (Å²) in [5.41, 5.74) is 0.514. The third kappa shape index (κ3) is 5.76. The number of H-pyrrole nitrogens is 1. The van der Waals surface area contributed by atoms with Crippen LogP contribution in [-0.4, -0.2) is 40.2 Å². The third-order valence-corrected chi connectivity index (χ3v) is 3.33. The standard InChI is InChI=1S/C17H20N4O4/c1-11(22)13-4-3-5-14(10-13)25-12(2)16(24)18-7-6-15(23)21-17-19-8-9-20-17/h3-5,8-10,12H,6-7H2,1-2H3,(H,18,24)(H2,19,20,21,23). The largest absolute Gasteiger partial charge is 0.481 e. The number of nitrogens with zero attached hydrogens (tertiary/aromatic N) is 1. The molecule has 1 aromatic heterocycles. The molecule has 2 rings (SSSR count). The molecule has 8 nitrogen and oxygen atoms in total. The lowest BCUT2D eigenvalue weighted by molar-refractivity contribution is -0.127. The van der Waals surface area contributed by atoms with Crippen molar-refractivity contribution in [3.05, 3.63) is 42.2 Å². The molecule has 2 amide bonds. The van der Waals surface area contributed by atoms with E-state index in [0.29, 0.717) is 17.3 Å². The van der Waals surface area contributed by atoms with Crippen molar-refractivity contribution in [2.45, 2.75) is 26.4 Å². The van der Waals surface area contributed by atoms with E-state index in [1.165, 1.54) is 13.1 Å². The molecule has 0 aliphatic rings. The summed E-state index contributed by atoms with van der Waals surface area (Å²) in [4.78, 5) is 41.7. The van der Waals surface area contributed by atoms with Crippen molar-refractivity contribution in [2.24, 2.45) is 0 Å². The number of Topliss-reactive ketones (excluding diaryl/α,β-unsaturated/α-hetero) is 1. The van der Waals surface area contributed by atoms with Crippen LogP contribution < -0.4 is 15.4 Å². The molecule has 0 spiro atoms. The molecule has 25 heavy (non-hydrogen) atoms. The van der Waals surface area contributed by atoms with Gasteiger partial charge in [0, 0.05) is 30.9 Å². The van der Waals surface area contributed by atoms with E-state index >= 15 is 0 Å². The quantitative estimate of drug-likeness (QED) is 0.629. The Bertz CT molecular complexity index is 743. The van der Waals surface area contributed by atoms with Gasteiger partial charge in [-0.25, -0.2) is 4.98 Å². The number of carbonyl (C=O) groups excluding carboxylic acids is 3. The Kier molecular flexibility index (Phi) is 6.27. The second-order valence-electron chi connectivity index (χ2n) is 5.37. The lowest BCUT2D eigenvalue weighted by Gasteiger charge is -2.15. The molecule has 0 saturated carbocycles. The maximum Gasteiger partial charge on any atom is 0.260 e. The maximum absolute atomic E-state index is 12.0. The first-order chi connectivity index (χ1) is 12.0. The van der Waals surface area contributed by atoms with Crippen LogP contribution in [0, 0.1) is 0 Å². The Morgan fingerprint density at radius 1 is 1.32 bits per heavy atom. The maximum atomic E-state index is 12.0. The van der Waals surface area contributed by atoms with Crippen LogP contribution in [0.2, 0.25) is 0 Å². The van der Waals surface area contributed by atoms with Gasteiger partial charge in [-0.05, 0) is 26.0 Å². The number of rotatable bonds is 8. The zero-order chi connectivity index (χ0) is 18.2. The van der Waals surface area contributed by atoms with Gasteiger partial charge in [0.1, 0.15) is 5.75 Å². The SMILES string of the molecule is CC(=O)c1cccc(OC(C)C(=O)NCCC(=O)Nc2ncc[nH]2)c1. The van der Waals surface area contributed by atoms with Crippen molar-refractivity contribution in [2.75, 3.05) is 11.9 Å². The number of ketones is 1. The molecule has 2 aromatic rings. The highest BCUT2D eigenvalue weighted by atomic mass is 16.5. The van der Waals surface area contributed by atoms with E-state index in [0.717, 1.165) is 0 Å². The normalized spacial score (nSPS) is 11.4. The summed E-state index contributed by atoms with van der Waals surface area (Å²) in [6, 6.07) is 6.63. The fourth-order valence-electron chi connectivity index (χ4n) is 2.02. The van der Waals surface area contributed by atoms with Crippen LogP contribution in [0.25, 0.3) is 0 Å². The van der Waals surface area contributed by atoms with Gasteiger partial charge < -0.3 is 15.0 Å². The van der Waals surface area contributed by atoms with Gasteiger partial charge in [0.15, 0.2) is 11.9 Å². The molecule has 1 heterocycles. The summed E-state index contributed by atoms with van der Waals surface area (Å²) in [6.45, 7) is 3.23. The monoisotopic (exact) mass is 344 g/mol. The van der Waals surface area contributed by atoms with E-state index in [-0.39, 0.29) is 30.6 Å². The highest BCUT2D eigenvalue weighted by Crippen LogP contribution is 2.15. The van der Waals surface area contributed by atoms with Gasteiger partial charge in [-0.15, -0.1) is 0 Å². The lowest BCUT2D eigenvalue weighted by Crippen LogP contribution is -2.37. The number of anilines is 1. The average molecular weight is 344 g/mol. The summed E-state index contributed by atoms with van der Waals surface area (Å²) in [5, 5.41) is 5.19. The highest BCUT2D eigenvalue weighted by molar-refractivity contribution is 5.94. The van der Waals surface area contributed by atoms with Gasteiger partial charge in [-0.2, -0.15) is 0 Å². The van der Waals surface area contributed by atoms with Gasteiger partial charge in [-0.3, -0.25) is 19.7 Å². The second kappa shape index (κ2) is 8.62.